The minimum atomic E-state index is -0.504. The van der Waals surface area contributed by atoms with Crippen LogP contribution in [-0.4, -0.2) is 25.6 Å². The molecular formula is C11H13N5O3S. The van der Waals surface area contributed by atoms with Gasteiger partial charge < -0.3 is 9.88 Å². The average Bonchev–Trinajstić information content (AvgIpc) is 2.80. The summed E-state index contributed by atoms with van der Waals surface area (Å²) < 4.78 is 5.09. The number of hydrogen-bond donors (Lipinski definition) is 1. The molecule has 8 nitrogen and oxygen atoms in total. The Morgan fingerprint density at radius 2 is 2.30 bits per heavy atom. The van der Waals surface area contributed by atoms with Crippen molar-refractivity contribution in [1.29, 1.82) is 0 Å². The van der Waals surface area contributed by atoms with E-state index in [0.29, 0.717) is 17.8 Å². The summed E-state index contributed by atoms with van der Waals surface area (Å²) >= 11 is 1.19. The summed E-state index contributed by atoms with van der Waals surface area (Å²) in [6.07, 6.45) is 1.24. The van der Waals surface area contributed by atoms with Crippen LogP contribution in [0, 0.1) is 17.0 Å². The maximum Gasteiger partial charge on any atom is 0.288 e. The monoisotopic (exact) mass is 295 g/mol. The SMILES string of the molecule is CCNc1snnc1Cn1cc([N+](=O)[O-])c(C)cc1=O. The number of hydrogen-bond acceptors (Lipinski definition) is 7. The molecule has 0 atom stereocenters. The summed E-state index contributed by atoms with van der Waals surface area (Å²) in [7, 11) is 0. The summed E-state index contributed by atoms with van der Waals surface area (Å²) in [6, 6.07) is 1.25. The molecule has 0 saturated carbocycles. The highest BCUT2D eigenvalue weighted by Crippen LogP contribution is 2.19. The van der Waals surface area contributed by atoms with E-state index in [9.17, 15) is 14.9 Å². The average molecular weight is 295 g/mol. The molecule has 2 aromatic heterocycles. The highest BCUT2D eigenvalue weighted by Gasteiger charge is 2.15. The zero-order chi connectivity index (χ0) is 14.7. The van der Waals surface area contributed by atoms with Crippen molar-refractivity contribution in [3.8, 4) is 0 Å². The van der Waals surface area contributed by atoms with Crippen molar-refractivity contribution >= 4 is 22.2 Å². The van der Waals surface area contributed by atoms with Crippen molar-refractivity contribution in [3.63, 3.8) is 0 Å². The van der Waals surface area contributed by atoms with E-state index in [4.69, 9.17) is 0 Å². The lowest BCUT2D eigenvalue weighted by Gasteiger charge is -2.06. The molecule has 0 spiro atoms. The van der Waals surface area contributed by atoms with Crippen LogP contribution in [0.4, 0.5) is 10.7 Å². The molecule has 0 aliphatic rings. The molecule has 9 heteroatoms. The van der Waals surface area contributed by atoms with E-state index in [1.54, 1.807) is 6.92 Å². The fourth-order valence-electron chi connectivity index (χ4n) is 1.74. The third-order valence-corrected chi connectivity index (χ3v) is 3.44. The van der Waals surface area contributed by atoms with Gasteiger partial charge in [0.2, 0.25) is 0 Å². The maximum atomic E-state index is 11.9. The van der Waals surface area contributed by atoms with Gasteiger partial charge in [0.25, 0.3) is 11.2 Å². The number of nitro groups is 1. The Morgan fingerprint density at radius 3 is 2.95 bits per heavy atom. The maximum absolute atomic E-state index is 11.9. The molecule has 0 bridgehead atoms. The summed E-state index contributed by atoms with van der Waals surface area (Å²) in [5, 5.41) is 18.7. The van der Waals surface area contributed by atoms with Crippen LogP contribution >= 0.6 is 11.5 Å². The predicted molar refractivity (Wildman–Crippen MR) is 75.3 cm³/mol. The first kappa shape index (κ1) is 14.1. The van der Waals surface area contributed by atoms with Crippen LogP contribution in [0.1, 0.15) is 18.2 Å². The van der Waals surface area contributed by atoms with Gasteiger partial charge in [-0.1, -0.05) is 4.49 Å². The van der Waals surface area contributed by atoms with E-state index in [2.05, 4.69) is 14.9 Å². The molecule has 0 radical (unpaired) electrons. The third-order valence-electron chi connectivity index (χ3n) is 2.72. The zero-order valence-electron chi connectivity index (χ0n) is 11.0. The molecule has 2 aromatic rings. The highest BCUT2D eigenvalue weighted by molar-refractivity contribution is 7.10. The van der Waals surface area contributed by atoms with Gasteiger partial charge >= 0.3 is 0 Å². The summed E-state index contributed by atoms with van der Waals surface area (Å²) in [5.74, 6) is 0. The van der Waals surface area contributed by atoms with Crippen molar-refractivity contribution < 1.29 is 4.92 Å². The molecule has 106 valence electrons. The van der Waals surface area contributed by atoms with E-state index in [0.717, 1.165) is 5.00 Å². The lowest BCUT2D eigenvalue weighted by atomic mass is 10.2. The molecule has 2 rings (SSSR count). The smallest absolute Gasteiger partial charge is 0.288 e. The Balaban J connectivity index is 2.38. The number of pyridine rings is 1. The van der Waals surface area contributed by atoms with Crippen molar-refractivity contribution in [2.24, 2.45) is 0 Å². The Hall–Kier alpha value is -2.29. The Morgan fingerprint density at radius 1 is 1.55 bits per heavy atom. The number of rotatable bonds is 5. The molecule has 0 fully saturated rings. The molecular weight excluding hydrogens is 282 g/mol. The van der Waals surface area contributed by atoms with Crippen LogP contribution in [0.25, 0.3) is 0 Å². The fraction of sp³-hybridized carbons (Fsp3) is 0.364. The number of nitrogens with one attached hydrogen (secondary N) is 1. The fourth-order valence-corrected chi connectivity index (χ4v) is 2.38. The van der Waals surface area contributed by atoms with Gasteiger partial charge in [-0.15, -0.1) is 5.10 Å². The van der Waals surface area contributed by atoms with Crippen LogP contribution in [0.2, 0.25) is 0 Å². The quantitative estimate of drug-likeness (QED) is 0.660. The molecule has 0 saturated heterocycles. The second-order valence-corrected chi connectivity index (χ2v) is 4.90. The summed E-state index contributed by atoms with van der Waals surface area (Å²) in [6.45, 7) is 4.34. The summed E-state index contributed by atoms with van der Waals surface area (Å²) in [4.78, 5) is 22.3. The van der Waals surface area contributed by atoms with Crippen LogP contribution in [0.5, 0.6) is 0 Å². The van der Waals surface area contributed by atoms with E-state index in [1.807, 2.05) is 6.92 Å². The lowest BCUT2D eigenvalue weighted by molar-refractivity contribution is -0.385. The molecule has 20 heavy (non-hydrogen) atoms. The standard InChI is InChI=1S/C11H13N5O3S/c1-3-12-11-8(13-14-20-11)5-15-6-9(16(18)19)7(2)4-10(15)17/h4,6,12H,3,5H2,1-2H3. The lowest BCUT2D eigenvalue weighted by Crippen LogP contribution is -2.21. The Bertz CT molecular complexity index is 694. The van der Waals surface area contributed by atoms with Gasteiger partial charge in [-0.2, -0.15) is 0 Å². The largest absolute Gasteiger partial charge is 0.374 e. The topological polar surface area (TPSA) is 103 Å². The molecule has 0 unspecified atom stereocenters. The highest BCUT2D eigenvalue weighted by atomic mass is 32.1. The first-order chi connectivity index (χ1) is 9.52. The van der Waals surface area contributed by atoms with Gasteiger partial charge in [-0.3, -0.25) is 14.9 Å². The van der Waals surface area contributed by atoms with Crippen LogP contribution < -0.4 is 10.9 Å². The van der Waals surface area contributed by atoms with E-state index in [1.165, 1.54) is 28.4 Å². The van der Waals surface area contributed by atoms with Gasteiger partial charge in [-0.05, 0) is 13.8 Å². The van der Waals surface area contributed by atoms with Crippen LogP contribution in [-0.2, 0) is 6.54 Å². The van der Waals surface area contributed by atoms with Crippen LogP contribution in [0.15, 0.2) is 17.1 Å². The predicted octanol–water partition coefficient (Wildman–Crippen LogP) is 1.40. The molecule has 1 N–H and O–H groups in total. The van der Waals surface area contributed by atoms with Gasteiger partial charge in [0, 0.05) is 29.7 Å². The summed E-state index contributed by atoms with van der Waals surface area (Å²) in [5.41, 5.74) is 0.554. The van der Waals surface area contributed by atoms with Gasteiger partial charge in [-0.25, -0.2) is 0 Å². The van der Waals surface area contributed by atoms with E-state index < -0.39 is 4.92 Å². The molecule has 0 aromatic carbocycles. The molecule has 0 amide bonds. The number of aromatic nitrogens is 3. The normalized spacial score (nSPS) is 10.5. The van der Waals surface area contributed by atoms with E-state index in [-0.39, 0.29) is 17.8 Å². The van der Waals surface area contributed by atoms with Crippen molar-refractivity contribution in [2.45, 2.75) is 20.4 Å². The van der Waals surface area contributed by atoms with Gasteiger partial charge in [0.15, 0.2) is 0 Å². The molecule has 2 heterocycles. The van der Waals surface area contributed by atoms with Gasteiger partial charge in [0.1, 0.15) is 10.7 Å². The Labute approximate surface area is 118 Å². The first-order valence-corrected chi connectivity index (χ1v) is 6.70. The molecule has 0 aliphatic heterocycles. The molecule has 0 aliphatic carbocycles. The zero-order valence-corrected chi connectivity index (χ0v) is 11.8. The number of anilines is 1. The third kappa shape index (κ3) is 2.82. The minimum absolute atomic E-state index is 0.0854. The van der Waals surface area contributed by atoms with Gasteiger partial charge in [0.05, 0.1) is 17.7 Å². The minimum Gasteiger partial charge on any atom is -0.374 e. The number of aryl methyl sites for hydroxylation is 1. The Kier molecular flexibility index (Phi) is 4.08. The van der Waals surface area contributed by atoms with Crippen molar-refractivity contribution in [3.05, 3.63) is 44.0 Å². The van der Waals surface area contributed by atoms with Crippen LogP contribution in [0.3, 0.4) is 0 Å². The second kappa shape index (κ2) is 5.78. The first-order valence-electron chi connectivity index (χ1n) is 5.93. The second-order valence-electron chi connectivity index (χ2n) is 4.14. The van der Waals surface area contributed by atoms with E-state index >= 15 is 0 Å². The van der Waals surface area contributed by atoms with Crippen molar-refractivity contribution in [1.82, 2.24) is 14.2 Å². The van der Waals surface area contributed by atoms with Crippen molar-refractivity contribution in [2.75, 3.05) is 11.9 Å². The number of nitrogens with zero attached hydrogens (tertiary/aromatic N) is 4.